The fourth-order valence-electron chi connectivity index (χ4n) is 2.24. The van der Waals surface area contributed by atoms with E-state index in [9.17, 15) is 13.2 Å². The predicted octanol–water partition coefficient (Wildman–Crippen LogP) is 4.98. The second kappa shape index (κ2) is 6.32. The zero-order valence-corrected chi connectivity index (χ0v) is 13.8. The van der Waals surface area contributed by atoms with E-state index in [1.807, 2.05) is 25.3 Å². The van der Waals surface area contributed by atoms with Gasteiger partial charge in [0.2, 0.25) is 0 Å². The molecule has 0 atom stereocenters. The molecule has 0 radical (unpaired) electrons. The molecule has 24 heavy (non-hydrogen) atoms. The third kappa shape index (κ3) is 3.31. The van der Waals surface area contributed by atoms with Gasteiger partial charge in [0.05, 0.1) is 0 Å². The summed E-state index contributed by atoms with van der Waals surface area (Å²) in [6.07, 6.45) is 0.0446. The average molecular weight is 349 g/mol. The quantitative estimate of drug-likeness (QED) is 0.625. The van der Waals surface area contributed by atoms with Gasteiger partial charge < -0.3 is 0 Å². The highest BCUT2D eigenvalue weighted by molar-refractivity contribution is 7.98. The summed E-state index contributed by atoms with van der Waals surface area (Å²) >= 11 is 1.57. The van der Waals surface area contributed by atoms with Crippen molar-refractivity contribution in [2.24, 2.45) is 0 Å². The van der Waals surface area contributed by atoms with Gasteiger partial charge in [0, 0.05) is 23.0 Å². The van der Waals surface area contributed by atoms with Gasteiger partial charge in [-0.2, -0.15) is 13.2 Å². The van der Waals surface area contributed by atoms with Crippen molar-refractivity contribution in [3.63, 3.8) is 0 Å². The van der Waals surface area contributed by atoms with Crippen LogP contribution in [-0.4, -0.2) is 20.8 Å². The molecule has 2 aromatic heterocycles. The summed E-state index contributed by atoms with van der Waals surface area (Å²) in [5.41, 5.74) is 0.990. The Morgan fingerprint density at radius 1 is 1.04 bits per heavy atom. The van der Waals surface area contributed by atoms with E-state index in [4.69, 9.17) is 0 Å². The van der Waals surface area contributed by atoms with Gasteiger partial charge in [0.15, 0.2) is 11.5 Å². The van der Waals surface area contributed by atoms with E-state index in [0.717, 1.165) is 16.7 Å². The number of aryl methyl sites for hydroxylation is 1. The van der Waals surface area contributed by atoms with E-state index in [1.165, 1.54) is 4.57 Å². The summed E-state index contributed by atoms with van der Waals surface area (Å²) in [6, 6.07) is 10.7. The van der Waals surface area contributed by atoms with Crippen LogP contribution in [0.2, 0.25) is 0 Å². The lowest BCUT2D eigenvalue weighted by Gasteiger charge is -2.08. The summed E-state index contributed by atoms with van der Waals surface area (Å²) in [5.74, 6) is 0.166. The van der Waals surface area contributed by atoms with Crippen LogP contribution in [0.3, 0.4) is 0 Å². The van der Waals surface area contributed by atoms with Crippen LogP contribution in [0, 0.1) is 6.92 Å². The van der Waals surface area contributed by atoms with Gasteiger partial charge in [0.1, 0.15) is 5.69 Å². The molecule has 0 aliphatic heterocycles. The van der Waals surface area contributed by atoms with E-state index in [-0.39, 0.29) is 5.82 Å². The molecule has 3 rings (SSSR count). The van der Waals surface area contributed by atoms with Crippen molar-refractivity contribution in [1.82, 2.24) is 14.5 Å². The lowest BCUT2D eigenvalue weighted by molar-refractivity contribution is -0.140. The van der Waals surface area contributed by atoms with Crippen molar-refractivity contribution in [2.75, 3.05) is 6.26 Å². The van der Waals surface area contributed by atoms with Crippen LogP contribution >= 0.6 is 11.8 Å². The molecular formula is C17H14F3N3S. The second-order valence-corrected chi connectivity index (χ2v) is 6.12. The first-order valence-corrected chi connectivity index (χ1v) is 8.35. The van der Waals surface area contributed by atoms with Gasteiger partial charge in [-0.05, 0) is 49.1 Å². The highest BCUT2D eigenvalue weighted by Crippen LogP contribution is 2.32. The van der Waals surface area contributed by atoms with Crippen molar-refractivity contribution in [3.05, 3.63) is 60.0 Å². The molecule has 0 aliphatic carbocycles. The largest absolute Gasteiger partial charge is 0.434 e. The first-order valence-electron chi connectivity index (χ1n) is 7.12. The van der Waals surface area contributed by atoms with Gasteiger partial charge in [-0.3, -0.25) is 9.55 Å². The monoisotopic (exact) mass is 349 g/mol. The SMILES string of the molecule is CSc1ccc(-n2cc(C(F)(F)F)nc2-c2ccc(C)cn2)cc1. The maximum atomic E-state index is 13.1. The van der Waals surface area contributed by atoms with Crippen LogP contribution in [0.1, 0.15) is 11.3 Å². The Labute approximate surface area is 141 Å². The molecule has 0 aliphatic rings. The molecule has 0 bridgehead atoms. The van der Waals surface area contributed by atoms with E-state index in [0.29, 0.717) is 11.4 Å². The molecule has 2 heterocycles. The molecule has 7 heteroatoms. The Hall–Kier alpha value is -2.28. The number of rotatable bonds is 3. The lowest BCUT2D eigenvalue weighted by Crippen LogP contribution is -2.05. The van der Waals surface area contributed by atoms with Gasteiger partial charge in [-0.25, -0.2) is 4.98 Å². The van der Waals surface area contributed by atoms with Crippen LogP contribution in [0.4, 0.5) is 13.2 Å². The number of aromatic nitrogens is 3. The maximum Gasteiger partial charge on any atom is 0.434 e. The zero-order valence-electron chi connectivity index (χ0n) is 13.0. The number of imidazole rings is 1. The third-order valence-electron chi connectivity index (χ3n) is 3.49. The topological polar surface area (TPSA) is 30.7 Å². The number of thioether (sulfide) groups is 1. The van der Waals surface area contributed by atoms with Crippen molar-refractivity contribution in [1.29, 1.82) is 0 Å². The smallest absolute Gasteiger partial charge is 0.298 e. The number of halogens is 3. The van der Waals surface area contributed by atoms with E-state index in [2.05, 4.69) is 9.97 Å². The van der Waals surface area contributed by atoms with Crippen LogP contribution in [0.25, 0.3) is 17.2 Å². The molecule has 0 spiro atoms. The Morgan fingerprint density at radius 2 is 1.75 bits per heavy atom. The minimum Gasteiger partial charge on any atom is -0.298 e. The van der Waals surface area contributed by atoms with E-state index >= 15 is 0 Å². The summed E-state index contributed by atoms with van der Waals surface area (Å²) in [6.45, 7) is 1.87. The van der Waals surface area contributed by atoms with Gasteiger partial charge in [-0.1, -0.05) is 6.07 Å². The van der Waals surface area contributed by atoms with Crippen molar-refractivity contribution in [2.45, 2.75) is 18.0 Å². The molecule has 3 nitrogen and oxygen atoms in total. The van der Waals surface area contributed by atoms with Gasteiger partial charge in [-0.15, -0.1) is 11.8 Å². The molecule has 3 aromatic rings. The Bertz CT molecular complexity index is 837. The third-order valence-corrected chi connectivity index (χ3v) is 4.23. The molecule has 124 valence electrons. The number of benzene rings is 1. The molecule has 0 fully saturated rings. The maximum absolute atomic E-state index is 13.1. The lowest BCUT2D eigenvalue weighted by atomic mass is 10.2. The van der Waals surface area contributed by atoms with E-state index < -0.39 is 11.9 Å². The minimum atomic E-state index is -4.51. The van der Waals surface area contributed by atoms with Crippen LogP contribution < -0.4 is 0 Å². The van der Waals surface area contributed by atoms with Crippen LogP contribution in [0.15, 0.2) is 53.7 Å². The fourth-order valence-corrected chi connectivity index (χ4v) is 2.65. The van der Waals surface area contributed by atoms with Crippen LogP contribution in [0.5, 0.6) is 0 Å². The molecule has 0 saturated carbocycles. The Balaban J connectivity index is 2.15. The first-order chi connectivity index (χ1) is 11.4. The standard InChI is InChI=1S/C17H14F3N3S/c1-11-3-8-14(21-9-11)16-22-15(17(18,19)20)10-23(16)12-4-6-13(24-2)7-5-12/h3-10H,1-2H3. The number of alkyl halides is 3. The molecule has 0 N–H and O–H groups in total. The normalized spacial score (nSPS) is 11.7. The Morgan fingerprint density at radius 3 is 2.29 bits per heavy atom. The number of nitrogens with zero attached hydrogens (tertiary/aromatic N) is 3. The second-order valence-electron chi connectivity index (χ2n) is 5.24. The number of hydrogen-bond acceptors (Lipinski definition) is 3. The summed E-state index contributed by atoms with van der Waals surface area (Å²) in [7, 11) is 0. The summed E-state index contributed by atoms with van der Waals surface area (Å²) < 4.78 is 40.7. The molecule has 0 amide bonds. The fraction of sp³-hybridized carbons (Fsp3) is 0.176. The van der Waals surface area contributed by atoms with Gasteiger partial charge in [0.25, 0.3) is 0 Å². The Kier molecular flexibility index (Phi) is 4.36. The van der Waals surface area contributed by atoms with E-state index in [1.54, 1.807) is 42.2 Å². The highest BCUT2D eigenvalue weighted by atomic mass is 32.2. The molecule has 0 unspecified atom stereocenters. The number of pyridine rings is 1. The van der Waals surface area contributed by atoms with Gasteiger partial charge >= 0.3 is 6.18 Å². The van der Waals surface area contributed by atoms with Crippen molar-refractivity contribution >= 4 is 11.8 Å². The summed E-state index contributed by atoms with van der Waals surface area (Å²) in [5, 5.41) is 0. The first kappa shape index (κ1) is 16.6. The van der Waals surface area contributed by atoms with Crippen LogP contribution in [-0.2, 0) is 6.18 Å². The summed E-state index contributed by atoms with van der Waals surface area (Å²) in [4.78, 5) is 9.01. The minimum absolute atomic E-state index is 0.166. The van der Waals surface area contributed by atoms with Crippen molar-refractivity contribution in [3.8, 4) is 17.2 Å². The molecular weight excluding hydrogens is 335 g/mol. The average Bonchev–Trinajstić information content (AvgIpc) is 3.01. The highest BCUT2D eigenvalue weighted by Gasteiger charge is 2.35. The zero-order chi connectivity index (χ0) is 17.3. The van der Waals surface area contributed by atoms with Crippen molar-refractivity contribution < 1.29 is 13.2 Å². The predicted molar refractivity (Wildman–Crippen MR) is 88.3 cm³/mol. The molecule has 1 aromatic carbocycles. The molecule has 0 saturated heterocycles. The number of hydrogen-bond donors (Lipinski definition) is 0.